The number of nitrogens with one attached hydrogen (secondary N) is 8. The van der Waals surface area contributed by atoms with Crippen LogP contribution in [-0.2, 0) is 57.5 Å². The monoisotopic (exact) mass is 891 g/mol. The van der Waals surface area contributed by atoms with Gasteiger partial charge in [0.1, 0.15) is 36.8 Å². The molecule has 0 aliphatic carbocycles. The zero-order valence-corrected chi connectivity index (χ0v) is 35.7. The van der Waals surface area contributed by atoms with Crippen LogP contribution in [0.5, 0.6) is 0 Å². The Kier molecular flexibility index (Phi) is 20.8. The van der Waals surface area contributed by atoms with E-state index >= 15 is 0 Å². The smallest absolute Gasteiger partial charge is 0.405 e. The molecule has 1 fully saturated rings. The SMILES string of the molecule is CC[C@H](C)[C@H](NC(=O)C(C)NC(=O)CNC(=O)C(CCC(N)=O)NC(=O)O)C(=O)NCC(=O)NC(CC(C)C)C(=O)N1CCC[C@H]1C(=O)NCC(=O)NC(=O)CN1C(=O)C=CC1=O. The highest BCUT2D eigenvalue weighted by Gasteiger charge is 2.38. The van der Waals surface area contributed by atoms with E-state index in [1.54, 1.807) is 27.7 Å². The van der Waals surface area contributed by atoms with Gasteiger partial charge in [0.15, 0.2) is 0 Å². The van der Waals surface area contributed by atoms with Crippen LogP contribution >= 0.6 is 0 Å². The van der Waals surface area contributed by atoms with Crippen LogP contribution in [0.2, 0.25) is 0 Å². The van der Waals surface area contributed by atoms with E-state index < -0.39 is 139 Å². The van der Waals surface area contributed by atoms with Gasteiger partial charge in [-0.3, -0.25) is 67.8 Å². The molecule has 0 saturated carbocycles. The molecule has 11 N–H and O–H groups in total. The third-order valence-electron chi connectivity index (χ3n) is 9.79. The second kappa shape index (κ2) is 25.1. The minimum Gasteiger partial charge on any atom is -0.465 e. The molecule has 25 nitrogen and oxygen atoms in total. The molecule has 13 amide bonds. The molecule has 0 aromatic carbocycles. The maximum absolute atomic E-state index is 13.8. The largest absolute Gasteiger partial charge is 0.465 e. The molecule has 25 heteroatoms. The fraction of sp³-hybridized carbons (Fsp3) is 0.605. The van der Waals surface area contributed by atoms with Gasteiger partial charge in [-0.15, -0.1) is 0 Å². The van der Waals surface area contributed by atoms with Gasteiger partial charge in [0.05, 0.1) is 19.6 Å². The van der Waals surface area contributed by atoms with Crippen molar-refractivity contribution >= 4 is 77.0 Å². The summed E-state index contributed by atoms with van der Waals surface area (Å²) in [4.78, 5) is 163. The van der Waals surface area contributed by atoms with E-state index in [0.717, 1.165) is 12.2 Å². The van der Waals surface area contributed by atoms with Crippen molar-refractivity contribution in [3.05, 3.63) is 12.2 Å². The fourth-order valence-electron chi connectivity index (χ4n) is 6.31. The van der Waals surface area contributed by atoms with Gasteiger partial charge in [-0.25, -0.2) is 4.79 Å². The third-order valence-corrected chi connectivity index (χ3v) is 9.79. The number of hydrogen-bond donors (Lipinski definition) is 10. The molecule has 1 saturated heterocycles. The maximum Gasteiger partial charge on any atom is 0.405 e. The summed E-state index contributed by atoms with van der Waals surface area (Å²) in [5.74, 6) is -10.0. The maximum atomic E-state index is 13.8. The zero-order valence-electron chi connectivity index (χ0n) is 35.7. The van der Waals surface area contributed by atoms with Gasteiger partial charge in [-0.2, -0.15) is 0 Å². The fourth-order valence-corrected chi connectivity index (χ4v) is 6.31. The van der Waals surface area contributed by atoms with E-state index in [1.807, 2.05) is 10.6 Å². The van der Waals surface area contributed by atoms with Gasteiger partial charge >= 0.3 is 6.09 Å². The number of carbonyl (C=O) groups is 13. The molecule has 2 rings (SSSR count). The normalized spacial score (nSPS) is 16.8. The topological polar surface area (TPSA) is 371 Å². The minimum atomic E-state index is -1.55. The number of carboxylic acid groups (broad SMARTS) is 1. The van der Waals surface area contributed by atoms with Crippen molar-refractivity contribution in [2.75, 3.05) is 32.7 Å². The molecule has 0 aromatic rings. The Balaban J connectivity index is 1.95. The highest BCUT2D eigenvalue weighted by atomic mass is 16.4. The first kappa shape index (κ1) is 52.2. The number of nitrogens with zero attached hydrogens (tertiary/aromatic N) is 2. The number of rotatable bonds is 24. The Morgan fingerprint density at radius 3 is 1.90 bits per heavy atom. The minimum absolute atomic E-state index is 0.116. The number of amides is 13. The molecule has 2 heterocycles. The van der Waals surface area contributed by atoms with Crippen molar-refractivity contribution in [1.82, 2.24) is 52.3 Å². The first-order valence-corrected chi connectivity index (χ1v) is 20.2. The van der Waals surface area contributed by atoms with Crippen molar-refractivity contribution in [3.8, 4) is 0 Å². The number of carbonyl (C=O) groups excluding carboxylic acids is 12. The third kappa shape index (κ3) is 17.5. The first-order chi connectivity index (χ1) is 29.5. The number of hydrogen-bond acceptors (Lipinski definition) is 13. The summed E-state index contributed by atoms with van der Waals surface area (Å²) in [6, 6.07) is -5.94. The molecule has 0 spiro atoms. The summed E-state index contributed by atoms with van der Waals surface area (Å²) in [6.07, 6.45) is 1.03. The standard InChI is InChI=1S/C38H57N11O14/c1-6-20(4)32(47-33(57)21(5)43-26(51)15-40-34(58)22(45-38(62)63)9-10-25(39)50)36(60)42-16-27(52)44-23(14-19(2)3)37(61)48-13-7-8-24(48)35(59)41-17-28(53)46-29(54)18-49-30(55)11-12-31(49)56/h11-12,19-24,32,45H,6-10,13-18H2,1-5H3,(H2,39,50)(H,40,58)(H,41,59)(H,42,60)(H,43,51)(H,44,52)(H,47,57)(H,62,63)(H,46,53,54)/t20-,21?,22?,23?,24-,32-/m0/s1. The van der Waals surface area contributed by atoms with Gasteiger partial charge in [0, 0.05) is 25.1 Å². The van der Waals surface area contributed by atoms with E-state index in [0.29, 0.717) is 17.7 Å². The molecule has 6 atom stereocenters. The van der Waals surface area contributed by atoms with Crippen LogP contribution in [-0.4, -0.2) is 155 Å². The Morgan fingerprint density at radius 1 is 0.746 bits per heavy atom. The Bertz CT molecular complexity index is 1820. The van der Waals surface area contributed by atoms with Crippen LogP contribution in [0.4, 0.5) is 4.79 Å². The van der Waals surface area contributed by atoms with Crippen molar-refractivity contribution in [2.45, 2.75) is 103 Å². The molecule has 0 radical (unpaired) electrons. The van der Waals surface area contributed by atoms with Gasteiger partial charge in [-0.1, -0.05) is 34.1 Å². The lowest BCUT2D eigenvalue weighted by molar-refractivity contribution is -0.143. The average molecular weight is 892 g/mol. The summed E-state index contributed by atoms with van der Waals surface area (Å²) in [6.45, 7) is 5.84. The summed E-state index contributed by atoms with van der Waals surface area (Å²) in [5, 5.41) is 27.4. The van der Waals surface area contributed by atoms with Gasteiger partial charge < -0.3 is 53.0 Å². The van der Waals surface area contributed by atoms with Crippen LogP contribution in [0.15, 0.2) is 12.2 Å². The van der Waals surface area contributed by atoms with Crippen molar-refractivity contribution in [1.29, 1.82) is 0 Å². The molecular weight excluding hydrogens is 834 g/mol. The van der Waals surface area contributed by atoms with E-state index in [-0.39, 0.29) is 38.1 Å². The van der Waals surface area contributed by atoms with E-state index in [1.165, 1.54) is 11.8 Å². The predicted molar refractivity (Wildman–Crippen MR) is 217 cm³/mol. The van der Waals surface area contributed by atoms with Crippen molar-refractivity contribution in [3.63, 3.8) is 0 Å². The quantitative estimate of drug-likeness (QED) is 0.0408. The van der Waals surface area contributed by atoms with Gasteiger partial charge in [-0.05, 0) is 44.4 Å². The summed E-state index contributed by atoms with van der Waals surface area (Å²) in [7, 11) is 0. The van der Waals surface area contributed by atoms with Crippen LogP contribution < -0.4 is 48.3 Å². The predicted octanol–water partition coefficient (Wildman–Crippen LogP) is -4.64. The average Bonchev–Trinajstić information content (AvgIpc) is 3.83. The lowest BCUT2D eigenvalue weighted by Crippen LogP contribution is -2.57. The Hall–Kier alpha value is -6.95. The number of primary amides is 1. The van der Waals surface area contributed by atoms with E-state index in [4.69, 9.17) is 10.8 Å². The molecular formula is C38H57N11O14. The van der Waals surface area contributed by atoms with Crippen molar-refractivity contribution in [2.24, 2.45) is 17.6 Å². The summed E-state index contributed by atoms with van der Waals surface area (Å²) >= 11 is 0. The van der Waals surface area contributed by atoms with Crippen LogP contribution in [0.25, 0.3) is 0 Å². The summed E-state index contributed by atoms with van der Waals surface area (Å²) < 4.78 is 0. The zero-order chi connectivity index (χ0) is 47.6. The molecule has 2 aliphatic heterocycles. The number of nitrogens with two attached hydrogens (primary N) is 1. The van der Waals surface area contributed by atoms with Crippen molar-refractivity contribution < 1.29 is 67.4 Å². The molecule has 63 heavy (non-hydrogen) atoms. The summed E-state index contributed by atoms with van der Waals surface area (Å²) in [5.41, 5.74) is 5.06. The van der Waals surface area contributed by atoms with Crippen LogP contribution in [0.1, 0.15) is 73.1 Å². The molecule has 0 bridgehead atoms. The molecule has 0 aromatic heterocycles. The number of likely N-dealkylation sites (tertiary alicyclic amines) is 1. The van der Waals surface area contributed by atoms with E-state index in [9.17, 15) is 62.3 Å². The van der Waals surface area contributed by atoms with Crippen LogP contribution in [0.3, 0.4) is 0 Å². The van der Waals surface area contributed by atoms with Gasteiger partial charge in [0.25, 0.3) is 11.8 Å². The highest BCUT2D eigenvalue weighted by Crippen LogP contribution is 2.20. The second-order valence-corrected chi connectivity index (χ2v) is 15.3. The highest BCUT2D eigenvalue weighted by molar-refractivity contribution is 6.15. The lowest BCUT2D eigenvalue weighted by Gasteiger charge is -2.29. The molecule has 3 unspecified atom stereocenters. The lowest BCUT2D eigenvalue weighted by atomic mass is 9.98. The molecule has 2 aliphatic rings. The Labute approximate surface area is 362 Å². The number of imide groups is 2. The van der Waals surface area contributed by atoms with Crippen LogP contribution in [0, 0.1) is 11.8 Å². The first-order valence-electron chi connectivity index (χ1n) is 20.2. The Morgan fingerprint density at radius 2 is 1.33 bits per heavy atom. The molecule has 348 valence electrons. The van der Waals surface area contributed by atoms with Gasteiger partial charge in [0.2, 0.25) is 59.1 Å². The second-order valence-electron chi connectivity index (χ2n) is 15.3. The van der Waals surface area contributed by atoms with E-state index in [2.05, 4.69) is 31.9 Å².